The highest BCUT2D eigenvalue weighted by molar-refractivity contribution is 6.35. The maximum absolute atomic E-state index is 13.4. The maximum atomic E-state index is 13.4. The van der Waals surface area contributed by atoms with Gasteiger partial charge in [0.1, 0.15) is 16.7 Å². The lowest BCUT2D eigenvalue weighted by Gasteiger charge is -2.09. The van der Waals surface area contributed by atoms with Crippen molar-refractivity contribution >= 4 is 34.8 Å². The van der Waals surface area contributed by atoms with E-state index in [0.29, 0.717) is 11.3 Å². The van der Waals surface area contributed by atoms with Crippen molar-refractivity contribution in [1.29, 1.82) is 0 Å². The standard InChI is InChI=1S/C13H9Cl2FN2O/c1-7-9(16)3-2-4-10(7)17-13(19)12-8(14)5-6-11(15)18-12/h2-6H,1H3,(H,17,19). The topological polar surface area (TPSA) is 42.0 Å². The van der Waals surface area contributed by atoms with Crippen molar-refractivity contribution in [3.63, 3.8) is 0 Å². The molecule has 0 saturated heterocycles. The molecule has 0 aliphatic heterocycles. The lowest BCUT2D eigenvalue weighted by atomic mass is 10.2. The van der Waals surface area contributed by atoms with Crippen molar-refractivity contribution in [2.75, 3.05) is 5.32 Å². The minimum Gasteiger partial charge on any atom is -0.320 e. The molecule has 1 amide bonds. The van der Waals surface area contributed by atoms with E-state index >= 15 is 0 Å². The van der Waals surface area contributed by atoms with Crippen molar-refractivity contribution in [3.05, 3.63) is 57.6 Å². The molecule has 0 radical (unpaired) electrons. The number of amides is 1. The van der Waals surface area contributed by atoms with E-state index in [1.54, 1.807) is 13.0 Å². The first-order valence-electron chi connectivity index (χ1n) is 5.37. The van der Waals surface area contributed by atoms with Crippen molar-refractivity contribution in [3.8, 4) is 0 Å². The predicted molar refractivity (Wildman–Crippen MR) is 73.3 cm³/mol. The Kier molecular flexibility index (Phi) is 4.02. The van der Waals surface area contributed by atoms with Crippen LogP contribution < -0.4 is 5.32 Å². The molecule has 6 heteroatoms. The molecule has 0 bridgehead atoms. The van der Waals surface area contributed by atoms with E-state index in [0.717, 1.165) is 0 Å². The molecule has 2 rings (SSSR count). The second-order valence-electron chi connectivity index (χ2n) is 3.83. The van der Waals surface area contributed by atoms with Gasteiger partial charge in [0.05, 0.1) is 5.02 Å². The Hall–Kier alpha value is -1.65. The summed E-state index contributed by atoms with van der Waals surface area (Å²) in [5.41, 5.74) is 0.703. The molecule has 3 nitrogen and oxygen atoms in total. The van der Waals surface area contributed by atoms with Crippen LogP contribution in [0, 0.1) is 12.7 Å². The van der Waals surface area contributed by atoms with E-state index < -0.39 is 11.7 Å². The summed E-state index contributed by atoms with van der Waals surface area (Å²) in [6.45, 7) is 1.57. The number of aromatic nitrogens is 1. The first kappa shape index (κ1) is 13.8. The van der Waals surface area contributed by atoms with Gasteiger partial charge in [-0.3, -0.25) is 4.79 Å². The van der Waals surface area contributed by atoms with E-state index in [4.69, 9.17) is 23.2 Å². The van der Waals surface area contributed by atoms with Crippen LogP contribution in [0.2, 0.25) is 10.2 Å². The van der Waals surface area contributed by atoms with Crippen molar-refractivity contribution < 1.29 is 9.18 Å². The molecule has 2 aromatic rings. The number of pyridine rings is 1. The van der Waals surface area contributed by atoms with Crippen LogP contribution in [0.5, 0.6) is 0 Å². The Balaban J connectivity index is 2.31. The van der Waals surface area contributed by atoms with Crippen LogP contribution in [0.15, 0.2) is 30.3 Å². The van der Waals surface area contributed by atoms with Crippen LogP contribution >= 0.6 is 23.2 Å². The van der Waals surface area contributed by atoms with Crippen LogP contribution in [-0.4, -0.2) is 10.9 Å². The SMILES string of the molecule is Cc1c(F)cccc1NC(=O)c1nc(Cl)ccc1Cl. The Morgan fingerprint density at radius 3 is 2.74 bits per heavy atom. The Morgan fingerprint density at radius 2 is 2.00 bits per heavy atom. The van der Waals surface area contributed by atoms with Crippen LogP contribution in [0.25, 0.3) is 0 Å². The molecule has 0 fully saturated rings. The summed E-state index contributed by atoms with van der Waals surface area (Å²) in [6.07, 6.45) is 0. The van der Waals surface area contributed by atoms with Crippen LogP contribution in [0.1, 0.15) is 16.1 Å². The summed E-state index contributed by atoms with van der Waals surface area (Å²) in [7, 11) is 0. The number of rotatable bonds is 2. The average molecular weight is 299 g/mol. The van der Waals surface area contributed by atoms with Gasteiger partial charge in [-0.2, -0.15) is 0 Å². The largest absolute Gasteiger partial charge is 0.320 e. The monoisotopic (exact) mass is 298 g/mol. The predicted octanol–water partition coefficient (Wildman–Crippen LogP) is 4.09. The molecule has 0 saturated carbocycles. The zero-order valence-corrected chi connectivity index (χ0v) is 11.4. The van der Waals surface area contributed by atoms with E-state index in [1.807, 2.05) is 0 Å². The van der Waals surface area contributed by atoms with Crippen molar-refractivity contribution in [1.82, 2.24) is 4.98 Å². The zero-order chi connectivity index (χ0) is 14.0. The molecule has 0 atom stereocenters. The minimum atomic E-state index is -0.541. The molecule has 0 aliphatic carbocycles. The summed E-state index contributed by atoms with van der Waals surface area (Å²) in [5.74, 6) is -0.941. The molecule has 1 aromatic heterocycles. The Morgan fingerprint density at radius 1 is 1.26 bits per heavy atom. The molecule has 0 unspecified atom stereocenters. The fraction of sp³-hybridized carbons (Fsp3) is 0.0769. The summed E-state index contributed by atoms with van der Waals surface area (Å²) < 4.78 is 13.4. The van der Waals surface area contributed by atoms with Crippen molar-refractivity contribution in [2.45, 2.75) is 6.92 Å². The van der Waals surface area contributed by atoms with E-state index in [1.165, 1.54) is 24.3 Å². The third-order valence-corrected chi connectivity index (χ3v) is 3.06. The van der Waals surface area contributed by atoms with E-state index in [2.05, 4.69) is 10.3 Å². The lowest BCUT2D eigenvalue weighted by molar-refractivity contribution is 0.102. The fourth-order valence-electron chi connectivity index (χ4n) is 1.50. The number of anilines is 1. The number of hydrogen-bond acceptors (Lipinski definition) is 2. The summed E-state index contributed by atoms with van der Waals surface area (Å²) >= 11 is 11.6. The second kappa shape index (κ2) is 5.55. The fourth-order valence-corrected chi connectivity index (χ4v) is 1.84. The highest BCUT2D eigenvalue weighted by Gasteiger charge is 2.14. The highest BCUT2D eigenvalue weighted by atomic mass is 35.5. The number of halogens is 3. The third-order valence-electron chi connectivity index (χ3n) is 2.54. The Bertz CT molecular complexity index is 647. The van der Waals surface area contributed by atoms with Gasteiger partial charge in [0.2, 0.25) is 0 Å². The van der Waals surface area contributed by atoms with Gasteiger partial charge in [0.25, 0.3) is 5.91 Å². The van der Waals surface area contributed by atoms with Gasteiger partial charge in [0.15, 0.2) is 0 Å². The van der Waals surface area contributed by atoms with Crippen LogP contribution in [0.4, 0.5) is 10.1 Å². The second-order valence-corrected chi connectivity index (χ2v) is 4.63. The highest BCUT2D eigenvalue weighted by Crippen LogP contribution is 2.21. The molecule has 1 N–H and O–H groups in total. The van der Waals surface area contributed by atoms with Gasteiger partial charge in [-0.05, 0) is 31.2 Å². The van der Waals surface area contributed by atoms with E-state index in [9.17, 15) is 9.18 Å². The van der Waals surface area contributed by atoms with Crippen LogP contribution in [-0.2, 0) is 0 Å². The smallest absolute Gasteiger partial charge is 0.275 e. The first-order valence-corrected chi connectivity index (χ1v) is 6.13. The van der Waals surface area contributed by atoms with Gasteiger partial charge in [-0.25, -0.2) is 9.37 Å². The Labute approximate surface area is 119 Å². The minimum absolute atomic E-state index is 0.00201. The quantitative estimate of drug-likeness (QED) is 0.849. The van der Waals surface area contributed by atoms with Gasteiger partial charge in [-0.1, -0.05) is 29.3 Å². The van der Waals surface area contributed by atoms with E-state index in [-0.39, 0.29) is 15.9 Å². The first-order chi connectivity index (χ1) is 8.99. The number of nitrogens with one attached hydrogen (secondary N) is 1. The third kappa shape index (κ3) is 3.03. The summed E-state index contributed by atoms with van der Waals surface area (Å²) in [4.78, 5) is 15.9. The molecule has 0 aliphatic rings. The number of carbonyl (C=O) groups excluding carboxylic acids is 1. The van der Waals surface area contributed by atoms with Gasteiger partial charge >= 0.3 is 0 Å². The molecule has 98 valence electrons. The molecule has 0 spiro atoms. The zero-order valence-electron chi connectivity index (χ0n) is 9.88. The van der Waals surface area contributed by atoms with Gasteiger partial charge < -0.3 is 5.32 Å². The molecule has 1 aromatic carbocycles. The van der Waals surface area contributed by atoms with Gasteiger partial charge in [0, 0.05) is 11.3 Å². The number of hydrogen-bond donors (Lipinski definition) is 1. The summed E-state index contributed by atoms with van der Waals surface area (Å²) in [6, 6.07) is 7.37. The van der Waals surface area contributed by atoms with Crippen molar-refractivity contribution in [2.24, 2.45) is 0 Å². The van der Waals surface area contributed by atoms with Gasteiger partial charge in [-0.15, -0.1) is 0 Å². The molecule has 19 heavy (non-hydrogen) atoms. The average Bonchev–Trinajstić information content (AvgIpc) is 2.38. The maximum Gasteiger partial charge on any atom is 0.275 e. The summed E-state index contributed by atoms with van der Waals surface area (Å²) in [5, 5.41) is 2.89. The molecular formula is C13H9Cl2FN2O. The molecular weight excluding hydrogens is 290 g/mol. The number of benzene rings is 1. The normalized spacial score (nSPS) is 10.3. The van der Waals surface area contributed by atoms with Crippen LogP contribution in [0.3, 0.4) is 0 Å². The molecule has 1 heterocycles. The number of carbonyl (C=O) groups is 1. The number of nitrogens with zero attached hydrogens (tertiary/aromatic N) is 1. The lowest BCUT2D eigenvalue weighted by Crippen LogP contribution is -2.15.